The molecule has 2 saturated heterocycles. The van der Waals surface area contributed by atoms with Crippen LogP contribution in [0.25, 0.3) is 0 Å². The van der Waals surface area contributed by atoms with Gasteiger partial charge in [0.25, 0.3) is 5.91 Å². The van der Waals surface area contributed by atoms with E-state index in [9.17, 15) is 9.90 Å². The van der Waals surface area contributed by atoms with Crippen molar-refractivity contribution in [2.75, 3.05) is 54.4 Å². The Morgan fingerprint density at radius 3 is 2.29 bits per heavy atom. The molecule has 10 heteroatoms. The van der Waals surface area contributed by atoms with E-state index in [1.54, 1.807) is 12.4 Å². The molecule has 2 fully saturated rings. The van der Waals surface area contributed by atoms with Crippen LogP contribution in [0.4, 0.5) is 17.3 Å². The second-order valence-corrected chi connectivity index (χ2v) is 10.2. The predicted molar refractivity (Wildman–Crippen MR) is 148 cm³/mol. The molecule has 200 valence electrons. The maximum Gasteiger partial charge on any atom is 0.254 e. The first-order valence-corrected chi connectivity index (χ1v) is 13.3. The highest BCUT2D eigenvalue weighted by molar-refractivity contribution is 5.99. The van der Waals surface area contributed by atoms with Gasteiger partial charge in [0, 0.05) is 62.4 Å². The number of nitrogens with one attached hydrogen (secondary N) is 1. The Bertz CT molecular complexity index is 1250. The summed E-state index contributed by atoms with van der Waals surface area (Å²) in [5, 5.41) is 30.3. The van der Waals surface area contributed by atoms with Gasteiger partial charge in [-0.15, -0.1) is 10.2 Å². The molecule has 38 heavy (non-hydrogen) atoms. The van der Waals surface area contributed by atoms with Crippen molar-refractivity contribution in [2.24, 2.45) is 0 Å². The van der Waals surface area contributed by atoms with Gasteiger partial charge in [0.2, 0.25) is 0 Å². The van der Waals surface area contributed by atoms with E-state index in [4.69, 9.17) is 0 Å². The lowest BCUT2D eigenvalue weighted by Gasteiger charge is -2.41. The molecule has 10 nitrogen and oxygen atoms in total. The molecule has 3 aromatic rings. The van der Waals surface area contributed by atoms with Crippen LogP contribution in [0.15, 0.2) is 42.7 Å². The van der Waals surface area contributed by atoms with Crippen LogP contribution in [0.1, 0.15) is 39.9 Å². The number of piperidine rings is 1. The second-order valence-electron chi connectivity index (χ2n) is 10.2. The number of aliphatic hydroxyl groups is 1. The van der Waals surface area contributed by atoms with Gasteiger partial charge in [-0.25, -0.2) is 0 Å². The smallest absolute Gasteiger partial charge is 0.254 e. The number of amides is 1. The Morgan fingerprint density at radius 2 is 1.66 bits per heavy atom. The Hall–Kier alpha value is -3.79. The number of hydrogen-bond acceptors (Lipinski definition) is 9. The summed E-state index contributed by atoms with van der Waals surface area (Å²) in [6, 6.07) is 9.84. The number of piperazine rings is 1. The van der Waals surface area contributed by atoms with Crippen molar-refractivity contribution in [3.63, 3.8) is 0 Å². The maximum absolute atomic E-state index is 13.9. The van der Waals surface area contributed by atoms with Crippen molar-refractivity contribution in [2.45, 2.75) is 45.7 Å². The molecule has 2 aromatic heterocycles. The van der Waals surface area contributed by atoms with Gasteiger partial charge in [-0.05, 0) is 74.6 Å². The van der Waals surface area contributed by atoms with Crippen LogP contribution in [0.3, 0.4) is 0 Å². The minimum absolute atomic E-state index is 0.0118. The molecule has 0 spiro atoms. The van der Waals surface area contributed by atoms with E-state index in [1.165, 1.54) is 0 Å². The number of rotatable bonds is 6. The first kappa shape index (κ1) is 25.8. The highest BCUT2D eigenvalue weighted by Gasteiger charge is 2.32. The summed E-state index contributed by atoms with van der Waals surface area (Å²) >= 11 is 0. The maximum atomic E-state index is 13.9. The number of anilines is 3. The van der Waals surface area contributed by atoms with Crippen LogP contribution in [0, 0.1) is 20.8 Å². The molecule has 1 aromatic carbocycles. The van der Waals surface area contributed by atoms with E-state index < -0.39 is 0 Å². The molecule has 0 bridgehead atoms. The monoisotopic (exact) mass is 516 g/mol. The van der Waals surface area contributed by atoms with Gasteiger partial charge in [0.15, 0.2) is 11.6 Å². The first-order chi connectivity index (χ1) is 18.5. The van der Waals surface area contributed by atoms with Crippen LogP contribution in [0.5, 0.6) is 0 Å². The Kier molecular flexibility index (Phi) is 7.69. The summed E-state index contributed by atoms with van der Waals surface area (Å²) in [4.78, 5) is 20.0. The fourth-order valence-electron chi connectivity index (χ4n) is 5.76. The number of carbonyl (C=O) groups excluding carboxylic acids is 1. The molecular formula is C28H36N8O2. The topological polar surface area (TPSA) is 111 Å². The quantitative estimate of drug-likeness (QED) is 0.511. The summed E-state index contributed by atoms with van der Waals surface area (Å²) < 4.78 is 0. The molecular weight excluding hydrogens is 480 g/mol. The van der Waals surface area contributed by atoms with Gasteiger partial charge < -0.3 is 25.1 Å². The zero-order valence-electron chi connectivity index (χ0n) is 22.3. The fraction of sp³-hybridized carbons (Fsp3) is 0.464. The van der Waals surface area contributed by atoms with E-state index >= 15 is 0 Å². The van der Waals surface area contributed by atoms with Crippen LogP contribution in [-0.4, -0.2) is 87.7 Å². The molecule has 0 saturated carbocycles. The first-order valence-electron chi connectivity index (χ1n) is 13.3. The fourth-order valence-corrected chi connectivity index (χ4v) is 5.76. The molecule has 1 amide bonds. The van der Waals surface area contributed by atoms with Crippen molar-refractivity contribution in [3.8, 4) is 0 Å². The van der Waals surface area contributed by atoms with Gasteiger partial charge >= 0.3 is 0 Å². The molecule has 0 aliphatic carbocycles. The lowest BCUT2D eigenvalue weighted by atomic mass is 9.94. The standard InChI is InChI=1S/C28H36N8O2/c1-19-16-20(2)27(31-22-8-12-34(13-9-22)24-6-4-10-29-32-24)21(3)26(19)28(38)35-14-15-36(23(17-35)18-37)25-7-5-11-30-33-25/h4-7,10-11,16,22-23,31,37H,8-9,12-15,17-18H2,1-3H3/t23-/m0/s1. The molecule has 1 atom stereocenters. The van der Waals surface area contributed by atoms with E-state index in [0.717, 1.165) is 65.5 Å². The average molecular weight is 517 g/mol. The van der Waals surface area contributed by atoms with Gasteiger partial charge in [-0.3, -0.25) is 4.79 Å². The molecule has 0 radical (unpaired) electrons. The van der Waals surface area contributed by atoms with Crippen molar-refractivity contribution < 1.29 is 9.90 Å². The lowest BCUT2D eigenvalue weighted by molar-refractivity contribution is 0.0697. The largest absolute Gasteiger partial charge is 0.394 e. The van der Waals surface area contributed by atoms with Gasteiger partial charge in [0.05, 0.1) is 12.6 Å². The van der Waals surface area contributed by atoms with Crippen molar-refractivity contribution in [3.05, 3.63) is 65.0 Å². The Balaban J connectivity index is 1.30. The molecule has 4 heterocycles. The Labute approximate surface area is 223 Å². The van der Waals surface area contributed by atoms with Crippen molar-refractivity contribution in [1.82, 2.24) is 25.3 Å². The van der Waals surface area contributed by atoms with Crippen molar-refractivity contribution in [1.29, 1.82) is 0 Å². The van der Waals surface area contributed by atoms with Crippen LogP contribution in [-0.2, 0) is 0 Å². The summed E-state index contributed by atoms with van der Waals surface area (Å²) in [7, 11) is 0. The van der Waals surface area contributed by atoms with Crippen molar-refractivity contribution >= 4 is 23.2 Å². The summed E-state index contributed by atoms with van der Waals surface area (Å²) in [6.07, 6.45) is 5.29. The highest BCUT2D eigenvalue weighted by Crippen LogP contribution is 2.31. The number of hydrogen-bond donors (Lipinski definition) is 2. The molecule has 2 aliphatic heterocycles. The zero-order chi connectivity index (χ0) is 26.6. The van der Waals surface area contributed by atoms with Gasteiger partial charge in [-0.2, -0.15) is 10.2 Å². The second kappa shape index (κ2) is 11.3. The van der Waals surface area contributed by atoms with Crippen LogP contribution >= 0.6 is 0 Å². The van der Waals surface area contributed by atoms with Gasteiger partial charge in [0.1, 0.15) is 0 Å². The third kappa shape index (κ3) is 5.26. The summed E-state index contributed by atoms with van der Waals surface area (Å²) in [5.41, 5.74) is 4.91. The average Bonchev–Trinajstić information content (AvgIpc) is 2.96. The number of nitrogens with zero attached hydrogens (tertiary/aromatic N) is 7. The number of aliphatic hydroxyl groups excluding tert-OH is 1. The number of aryl methyl sites for hydroxylation is 2. The number of aromatic nitrogens is 4. The van der Waals surface area contributed by atoms with Crippen LogP contribution in [0.2, 0.25) is 0 Å². The minimum Gasteiger partial charge on any atom is -0.394 e. The molecule has 2 N–H and O–H groups in total. The summed E-state index contributed by atoms with van der Waals surface area (Å²) in [6.45, 7) is 9.49. The van der Waals surface area contributed by atoms with E-state index in [0.29, 0.717) is 25.7 Å². The normalized spacial score (nSPS) is 18.5. The third-order valence-corrected chi connectivity index (χ3v) is 7.74. The predicted octanol–water partition coefficient (Wildman–Crippen LogP) is 2.60. The number of carbonyl (C=O) groups is 1. The lowest BCUT2D eigenvalue weighted by Crippen LogP contribution is -2.56. The van der Waals surface area contributed by atoms with Crippen LogP contribution < -0.4 is 15.1 Å². The van der Waals surface area contributed by atoms with E-state index in [2.05, 4.69) is 43.6 Å². The van der Waals surface area contributed by atoms with Gasteiger partial charge in [-0.1, -0.05) is 6.07 Å². The van der Waals surface area contributed by atoms with E-state index in [-0.39, 0.29) is 18.6 Å². The Morgan fingerprint density at radius 1 is 0.974 bits per heavy atom. The zero-order valence-corrected chi connectivity index (χ0v) is 22.3. The van der Waals surface area contributed by atoms with E-state index in [1.807, 2.05) is 47.9 Å². The minimum atomic E-state index is -0.229. The molecule has 0 unspecified atom stereocenters. The highest BCUT2D eigenvalue weighted by atomic mass is 16.3. The SMILES string of the molecule is Cc1cc(C)c(C(=O)N2CCN(c3cccnn3)[C@H](CO)C2)c(C)c1NC1CCN(c2cccnn2)CC1. The third-order valence-electron chi connectivity index (χ3n) is 7.74. The molecule has 2 aliphatic rings. The summed E-state index contributed by atoms with van der Waals surface area (Å²) in [5.74, 6) is 1.65. The molecule has 5 rings (SSSR count). The number of benzene rings is 1.